The highest BCUT2D eigenvalue weighted by molar-refractivity contribution is 7.21. The predicted molar refractivity (Wildman–Crippen MR) is 105 cm³/mol. The zero-order valence-corrected chi connectivity index (χ0v) is 16.1. The average Bonchev–Trinajstić information content (AvgIpc) is 2.94. The Labute approximate surface area is 160 Å². The van der Waals surface area contributed by atoms with Crippen molar-refractivity contribution < 1.29 is 9.53 Å². The molecule has 0 saturated heterocycles. The minimum Gasteiger partial charge on any atom is -0.494 e. The summed E-state index contributed by atoms with van der Waals surface area (Å²) in [5.74, 6) is 0.607. The van der Waals surface area contributed by atoms with E-state index in [0.29, 0.717) is 21.5 Å². The minimum absolute atomic E-state index is 0.153. The Bertz CT molecular complexity index is 906. The highest BCUT2D eigenvalue weighted by Gasteiger charge is 2.20. The highest BCUT2D eigenvalue weighted by Crippen LogP contribution is 2.39. The Morgan fingerprint density at radius 1 is 1.20 bits per heavy atom. The lowest BCUT2D eigenvalue weighted by atomic mass is 10.1. The molecule has 0 radical (unpaired) electrons. The maximum Gasteiger partial charge on any atom is 0.263 e. The molecule has 25 heavy (non-hydrogen) atoms. The molecule has 0 spiro atoms. The molecule has 0 aliphatic carbocycles. The first-order chi connectivity index (χ1) is 12.0. The van der Waals surface area contributed by atoms with E-state index in [1.165, 1.54) is 11.3 Å². The molecule has 3 nitrogen and oxygen atoms in total. The van der Waals surface area contributed by atoms with Crippen LogP contribution in [0.25, 0.3) is 10.1 Å². The molecule has 2 aromatic carbocycles. The minimum atomic E-state index is -0.205. The van der Waals surface area contributed by atoms with Gasteiger partial charge >= 0.3 is 0 Å². The standard InChI is InChI=1S/C19H17Cl2NO2S/c1-3-24-13-9-7-12(8-10-13)11(2)22-19(23)18-17(21)16-14(20)5-4-6-15(16)25-18/h4-11H,3H2,1-2H3,(H,22,23). The lowest BCUT2D eigenvalue weighted by Gasteiger charge is -2.14. The topological polar surface area (TPSA) is 38.3 Å². The van der Waals surface area contributed by atoms with E-state index in [1.54, 1.807) is 6.07 Å². The number of amides is 1. The van der Waals surface area contributed by atoms with Gasteiger partial charge in [0.05, 0.1) is 22.7 Å². The summed E-state index contributed by atoms with van der Waals surface area (Å²) < 4.78 is 6.34. The molecule has 1 atom stereocenters. The van der Waals surface area contributed by atoms with Crippen LogP contribution in [-0.4, -0.2) is 12.5 Å². The van der Waals surface area contributed by atoms with Crippen molar-refractivity contribution in [2.24, 2.45) is 0 Å². The third kappa shape index (κ3) is 3.76. The second kappa shape index (κ2) is 7.65. The largest absolute Gasteiger partial charge is 0.494 e. The molecule has 0 bridgehead atoms. The first-order valence-electron chi connectivity index (χ1n) is 7.91. The number of fused-ring (bicyclic) bond motifs is 1. The second-order valence-electron chi connectivity index (χ2n) is 5.56. The van der Waals surface area contributed by atoms with Gasteiger partial charge in [0.25, 0.3) is 5.91 Å². The van der Waals surface area contributed by atoms with Crippen LogP contribution in [0.4, 0.5) is 0 Å². The Kier molecular flexibility index (Phi) is 5.52. The van der Waals surface area contributed by atoms with Gasteiger partial charge in [-0.15, -0.1) is 11.3 Å². The normalized spacial score (nSPS) is 12.2. The van der Waals surface area contributed by atoms with Crippen LogP contribution in [-0.2, 0) is 0 Å². The Morgan fingerprint density at radius 2 is 1.92 bits per heavy atom. The number of rotatable bonds is 5. The van der Waals surface area contributed by atoms with Crippen molar-refractivity contribution in [1.82, 2.24) is 5.32 Å². The van der Waals surface area contributed by atoms with Gasteiger partial charge in [-0.05, 0) is 43.7 Å². The number of hydrogen-bond acceptors (Lipinski definition) is 3. The molecule has 3 aromatic rings. The molecular formula is C19H17Cl2NO2S. The third-order valence-corrected chi connectivity index (χ3v) is 5.81. The zero-order valence-electron chi connectivity index (χ0n) is 13.8. The SMILES string of the molecule is CCOc1ccc(C(C)NC(=O)c2sc3cccc(Cl)c3c2Cl)cc1. The van der Waals surface area contributed by atoms with Gasteiger partial charge in [-0.1, -0.05) is 41.4 Å². The summed E-state index contributed by atoms with van der Waals surface area (Å²) in [7, 11) is 0. The monoisotopic (exact) mass is 393 g/mol. The summed E-state index contributed by atoms with van der Waals surface area (Å²) in [4.78, 5) is 13.1. The Morgan fingerprint density at radius 3 is 2.56 bits per heavy atom. The number of nitrogens with one attached hydrogen (secondary N) is 1. The molecule has 1 unspecified atom stereocenters. The van der Waals surface area contributed by atoms with Crippen LogP contribution >= 0.6 is 34.5 Å². The lowest BCUT2D eigenvalue weighted by molar-refractivity contribution is 0.0944. The second-order valence-corrected chi connectivity index (χ2v) is 7.39. The third-order valence-electron chi connectivity index (χ3n) is 3.85. The Balaban J connectivity index is 1.80. The number of carbonyl (C=O) groups excluding carboxylic acids is 1. The molecule has 130 valence electrons. The van der Waals surface area contributed by atoms with Gasteiger partial charge in [-0.2, -0.15) is 0 Å². The number of carbonyl (C=O) groups is 1. The van der Waals surface area contributed by atoms with Crippen LogP contribution in [0.1, 0.15) is 35.1 Å². The van der Waals surface area contributed by atoms with E-state index in [2.05, 4.69) is 5.32 Å². The highest BCUT2D eigenvalue weighted by atomic mass is 35.5. The lowest BCUT2D eigenvalue weighted by Crippen LogP contribution is -2.26. The van der Waals surface area contributed by atoms with Crippen molar-refractivity contribution in [3.8, 4) is 5.75 Å². The van der Waals surface area contributed by atoms with Crippen LogP contribution < -0.4 is 10.1 Å². The van der Waals surface area contributed by atoms with Crippen LogP contribution in [0.3, 0.4) is 0 Å². The number of ether oxygens (including phenoxy) is 1. The number of halogens is 2. The zero-order chi connectivity index (χ0) is 18.0. The average molecular weight is 394 g/mol. The summed E-state index contributed by atoms with van der Waals surface area (Å²) in [6.07, 6.45) is 0. The summed E-state index contributed by atoms with van der Waals surface area (Å²) in [6, 6.07) is 13.1. The molecule has 0 aliphatic rings. The fourth-order valence-electron chi connectivity index (χ4n) is 2.58. The van der Waals surface area contributed by atoms with Crippen LogP contribution in [0.5, 0.6) is 5.75 Å². The fraction of sp³-hybridized carbons (Fsp3) is 0.211. The number of benzene rings is 2. The van der Waals surface area contributed by atoms with Gasteiger partial charge in [0, 0.05) is 10.1 Å². The van der Waals surface area contributed by atoms with Crippen molar-refractivity contribution in [3.05, 3.63) is 63.0 Å². The quantitative estimate of drug-likeness (QED) is 0.568. The van der Waals surface area contributed by atoms with Crippen molar-refractivity contribution >= 4 is 50.5 Å². The molecule has 6 heteroatoms. The van der Waals surface area contributed by atoms with Gasteiger partial charge in [0.1, 0.15) is 10.6 Å². The molecule has 3 rings (SSSR count). The van der Waals surface area contributed by atoms with E-state index >= 15 is 0 Å². The van der Waals surface area contributed by atoms with Crippen LogP contribution in [0, 0.1) is 0 Å². The van der Waals surface area contributed by atoms with Crippen molar-refractivity contribution in [3.63, 3.8) is 0 Å². The predicted octanol–water partition coefficient (Wildman–Crippen LogP) is 6.10. The summed E-state index contributed by atoms with van der Waals surface area (Å²) in [5, 5.41) is 4.68. The van der Waals surface area contributed by atoms with E-state index in [0.717, 1.165) is 21.4 Å². The number of hydrogen-bond donors (Lipinski definition) is 1. The first-order valence-corrected chi connectivity index (χ1v) is 9.48. The fourth-order valence-corrected chi connectivity index (χ4v) is 4.44. The number of thiophene rings is 1. The Hall–Kier alpha value is -1.75. The van der Waals surface area contributed by atoms with Gasteiger partial charge in [-0.3, -0.25) is 4.79 Å². The van der Waals surface area contributed by atoms with Gasteiger partial charge in [0.2, 0.25) is 0 Å². The molecule has 1 N–H and O–H groups in total. The van der Waals surface area contributed by atoms with Gasteiger partial charge in [0.15, 0.2) is 0 Å². The molecule has 0 aliphatic heterocycles. The molecule has 1 heterocycles. The molecular weight excluding hydrogens is 377 g/mol. The van der Waals surface area contributed by atoms with Crippen molar-refractivity contribution in [2.75, 3.05) is 6.61 Å². The van der Waals surface area contributed by atoms with E-state index in [4.69, 9.17) is 27.9 Å². The molecule has 0 fully saturated rings. The van der Waals surface area contributed by atoms with Crippen LogP contribution in [0.2, 0.25) is 10.0 Å². The molecule has 1 amide bonds. The summed E-state index contributed by atoms with van der Waals surface area (Å²) >= 11 is 13.9. The van der Waals surface area contributed by atoms with Gasteiger partial charge < -0.3 is 10.1 Å². The summed E-state index contributed by atoms with van der Waals surface area (Å²) in [5.41, 5.74) is 0.993. The van der Waals surface area contributed by atoms with E-state index in [-0.39, 0.29) is 11.9 Å². The molecule has 1 aromatic heterocycles. The smallest absolute Gasteiger partial charge is 0.263 e. The van der Waals surface area contributed by atoms with E-state index in [1.807, 2.05) is 50.2 Å². The molecule has 0 saturated carbocycles. The first kappa shape index (κ1) is 18.1. The summed E-state index contributed by atoms with van der Waals surface area (Å²) in [6.45, 7) is 4.50. The van der Waals surface area contributed by atoms with Crippen molar-refractivity contribution in [2.45, 2.75) is 19.9 Å². The van der Waals surface area contributed by atoms with Crippen LogP contribution in [0.15, 0.2) is 42.5 Å². The van der Waals surface area contributed by atoms with E-state index < -0.39 is 0 Å². The maximum absolute atomic E-state index is 12.6. The van der Waals surface area contributed by atoms with Crippen molar-refractivity contribution in [1.29, 1.82) is 0 Å². The van der Waals surface area contributed by atoms with Gasteiger partial charge in [-0.25, -0.2) is 0 Å². The van der Waals surface area contributed by atoms with E-state index in [9.17, 15) is 4.79 Å². The maximum atomic E-state index is 12.6.